The monoisotopic (exact) mass is 267 g/mol. The first-order valence-electron chi connectivity index (χ1n) is 6.22. The maximum atomic E-state index is 12.0. The standard InChI is InChI=1S/C13H21N3O3/c1-6-16-8-7-14-11(16)10(9-17)15(5)12(18)19-13(2,3)4/h7-10H,6H2,1-5H3. The van der Waals surface area contributed by atoms with Gasteiger partial charge < -0.3 is 14.1 Å². The molecule has 1 amide bonds. The minimum atomic E-state index is -0.746. The summed E-state index contributed by atoms with van der Waals surface area (Å²) < 4.78 is 7.06. The summed E-state index contributed by atoms with van der Waals surface area (Å²) in [5.74, 6) is 0.533. The van der Waals surface area contributed by atoms with Gasteiger partial charge in [-0.2, -0.15) is 0 Å². The lowest BCUT2D eigenvalue weighted by Crippen LogP contribution is -2.38. The summed E-state index contributed by atoms with van der Waals surface area (Å²) in [4.78, 5) is 28.6. The van der Waals surface area contributed by atoms with Crippen molar-refractivity contribution in [2.45, 2.75) is 45.9 Å². The third-order valence-corrected chi connectivity index (χ3v) is 2.58. The van der Waals surface area contributed by atoms with E-state index in [4.69, 9.17) is 4.74 Å². The number of amides is 1. The number of carbonyl (C=O) groups is 2. The Bertz CT molecular complexity index is 448. The van der Waals surface area contributed by atoms with Crippen molar-refractivity contribution in [2.75, 3.05) is 7.05 Å². The Morgan fingerprint density at radius 1 is 1.58 bits per heavy atom. The van der Waals surface area contributed by atoms with Gasteiger partial charge in [0.2, 0.25) is 0 Å². The number of hydrogen-bond acceptors (Lipinski definition) is 4. The summed E-state index contributed by atoms with van der Waals surface area (Å²) in [6, 6.07) is -0.746. The molecule has 19 heavy (non-hydrogen) atoms. The molecular weight excluding hydrogens is 246 g/mol. The summed E-state index contributed by atoms with van der Waals surface area (Å²) in [6.07, 6.45) is 3.53. The molecule has 106 valence electrons. The van der Waals surface area contributed by atoms with E-state index >= 15 is 0 Å². The van der Waals surface area contributed by atoms with Crippen molar-refractivity contribution >= 4 is 12.4 Å². The van der Waals surface area contributed by atoms with Crippen LogP contribution in [-0.4, -0.2) is 39.5 Å². The zero-order chi connectivity index (χ0) is 14.6. The van der Waals surface area contributed by atoms with Gasteiger partial charge in [0.05, 0.1) is 0 Å². The number of likely N-dealkylation sites (N-methyl/N-ethyl adjacent to an activating group) is 1. The van der Waals surface area contributed by atoms with Crippen LogP contribution in [0.3, 0.4) is 0 Å². The van der Waals surface area contributed by atoms with Crippen LogP contribution < -0.4 is 0 Å². The van der Waals surface area contributed by atoms with E-state index in [9.17, 15) is 9.59 Å². The third-order valence-electron chi connectivity index (χ3n) is 2.58. The van der Waals surface area contributed by atoms with E-state index in [1.54, 1.807) is 33.2 Å². The van der Waals surface area contributed by atoms with Gasteiger partial charge >= 0.3 is 6.09 Å². The average molecular weight is 267 g/mol. The van der Waals surface area contributed by atoms with Crippen molar-refractivity contribution in [1.82, 2.24) is 14.5 Å². The van der Waals surface area contributed by atoms with Crippen LogP contribution in [0.2, 0.25) is 0 Å². The normalized spacial score (nSPS) is 12.9. The Morgan fingerprint density at radius 3 is 2.68 bits per heavy atom. The fraction of sp³-hybridized carbons (Fsp3) is 0.615. The molecule has 1 rings (SSSR count). The molecule has 0 aliphatic carbocycles. The minimum absolute atomic E-state index is 0.533. The molecule has 1 aromatic rings. The first kappa shape index (κ1) is 15.2. The largest absolute Gasteiger partial charge is 0.444 e. The molecule has 1 unspecified atom stereocenters. The van der Waals surface area contributed by atoms with Crippen LogP contribution >= 0.6 is 0 Å². The number of carbonyl (C=O) groups excluding carboxylic acids is 2. The number of aryl methyl sites for hydroxylation is 1. The predicted octanol–water partition coefficient (Wildman–Crippen LogP) is 2.01. The van der Waals surface area contributed by atoms with Crippen molar-refractivity contribution < 1.29 is 14.3 Å². The molecule has 0 saturated heterocycles. The second kappa shape index (κ2) is 5.86. The Hall–Kier alpha value is -1.85. The van der Waals surface area contributed by atoms with Gasteiger partial charge in [-0.15, -0.1) is 0 Å². The number of imidazole rings is 1. The minimum Gasteiger partial charge on any atom is -0.444 e. The number of hydrogen-bond donors (Lipinski definition) is 0. The molecule has 1 heterocycles. The highest BCUT2D eigenvalue weighted by atomic mass is 16.6. The molecule has 0 radical (unpaired) electrons. The maximum Gasteiger partial charge on any atom is 0.411 e. The molecule has 1 aromatic heterocycles. The Morgan fingerprint density at radius 2 is 2.21 bits per heavy atom. The molecule has 0 spiro atoms. The van der Waals surface area contributed by atoms with Gasteiger partial charge in [-0.3, -0.25) is 4.90 Å². The second-order valence-corrected chi connectivity index (χ2v) is 5.24. The van der Waals surface area contributed by atoms with Crippen molar-refractivity contribution in [2.24, 2.45) is 0 Å². The van der Waals surface area contributed by atoms with Gasteiger partial charge in [0.25, 0.3) is 0 Å². The lowest BCUT2D eigenvalue weighted by Gasteiger charge is -2.27. The highest BCUT2D eigenvalue weighted by Crippen LogP contribution is 2.18. The molecule has 0 aliphatic rings. The summed E-state index contributed by atoms with van der Waals surface area (Å²) >= 11 is 0. The third kappa shape index (κ3) is 3.81. The number of nitrogens with zero attached hydrogens (tertiary/aromatic N) is 3. The van der Waals surface area contributed by atoms with Gasteiger partial charge in [0.1, 0.15) is 23.8 Å². The van der Waals surface area contributed by atoms with E-state index in [0.29, 0.717) is 18.7 Å². The van der Waals surface area contributed by atoms with Crippen molar-refractivity contribution in [1.29, 1.82) is 0 Å². The van der Waals surface area contributed by atoms with Crippen LogP contribution in [-0.2, 0) is 16.1 Å². The highest BCUT2D eigenvalue weighted by molar-refractivity contribution is 5.74. The van der Waals surface area contributed by atoms with Crippen LogP contribution in [0.15, 0.2) is 12.4 Å². The first-order valence-corrected chi connectivity index (χ1v) is 6.22. The lowest BCUT2D eigenvalue weighted by atomic mass is 10.2. The number of ether oxygens (including phenoxy) is 1. The van der Waals surface area contributed by atoms with Crippen LogP contribution in [0.4, 0.5) is 4.79 Å². The molecule has 6 nitrogen and oxygen atoms in total. The molecule has 0 aliphatic heterocycles. The van der Waals surface area contributed by atoms with Gasteiger partial charge in [0.15, 0.2) is 0 Å². The molecule has 0 fully saturated rings. The van der Waals surface area contributed by atoms with E-state index in [2.05, 4.69) is 4.98 Å². The van der Waals surface area contributed by atoms with Crippen LogP contribution in [0.25, 0.3) is 0 Å². The molecule has 0 bridgehead atoms. The van der Waals surface area contributed by atoms with Crippen molar-refractivity contribution in [3.63, 3.8) is 0 Å². The smallest absolute Gasteiger partial charge is 0.411 e. The molecule has 0 aromatic carbocycles. The number of rotatable bonds is 4. The van der Waals surface area contributed by atoms with E-state index in [1.165, 1.54) is 11.9 Å². The summed E-state index contributed by atoms with van der Waals surface area (Å²) in [5.41, 5.74) is -0.598. The Balaban J connectivity index is 2.91. The van der Waals surface area contributed by atoms with Gasteiger partial charge in [-0.05, 0) is 27.7 Å². The fourth-order valence-electron chi connectivity index (χ4n) is 1.63. The molecular formula is C13H21N3O3. The summed E-state index contributed by atoms with van der Waals surface area (Å²) in [5, 5.41) is 0. The van der Waals surface area contributed by atoms with Crippen molar-refractivity contribution in [3.8, 4) is 0 Å². The topological polar surface area (TPSA) is 64.4 Å². The quantitative estimate of drug-likeness (QED) is 0.783. The number of aldehydes is 1. The number of aromatic nitrogens is 2. The highest BCUT2D eigenvalue weighted by Gasteiger charge is 2.28. The Labute approximate surface area is 113 Å². The van der Waals surface area contributed by atoms with Gasteiger partial charge in [0, 0.05) is 26.0 Å². The predicted molar refractivity (Wildman–Crippen MR) is 70.7 cm³/mol. The van der Waals surface area contributed by atoms with Crippen LogP contribution in [0.1, 0.15) is 39.6 Å². The second-order valence-electron chi connectivity index (χ2n) is 5.24. The fourth-order valence-corrected chi connectivity index (χ4v) is 1.63. The van der Waals surface area contributed by atoms with Gasteiger partial charge in [-0.25, -0.2) is 9.78 Å². The lowest BCUT2D eigenvalue weighted by molar-refractivity contribution is -0.112. The van der Waals surface area contributed by atoms with E-state index in [1.807, 2.05) is 11.5 Å². The SMILES string of the molecule is CCn1ccnc1C(C=O)N(C)C(=O)OC(C)(C)C. The van der Waals surface area contributed by atoms with E-state index in [-0.39, 0.29) is 0 Å². The van der Waals surface area contributed by atoms with E-state index in [0.717, 1.165) is 0 Å². The first-order chi connectivity index (χ1) is 8.80. The Kier molecular flexibility index (Phi) is 4.69. The zero-order valence-corrected chi connectivity index (χ0v) is 12.1. The van der Waals surface area contributed by atoms with Crippen LogP contribution in [0, 0.1) is 0 Å². The molecule has 0 N–H and O–H groups in total. The molecule has 6 heteroatoms. The molecule has 0 saturated carbocycles. The zero-order valence-electron chi connectivity index (χ0n) is 12.1. The van der Waals surface area contributed by atoms with Crippen molar-refractivity contribution in [3.05, 3.63) is 18.2 Å². The summed E-state index contributed by atoms with van der Waals surface area (Å²) in [6.45, 7) is 7.97. The molecule has 1 atom stereocenters. The summed E-state index contributed by atoms with van der Waals surface area (Å²) in [7, 11) is 1.53. The van der Waals surface area contributed by atoms with Crippen LogP contribution in [0.5, 0.6) is 0 Å². The van der Waals surface area contributed by atoms with E-state index < -0.39 is 17.7 Å². The average Bonchev–Trinajstić information content (AvgIpc) is 2.75. The van der Waals surface area contributed by atoms with Gasteiger partial charge in [-0.1, -0.05) is 0 Å². The maximum absolute atomic E-state index is 12.0.